The number of rotatable bonds is 1. The Morgan fingerprint density at radius 3 is 2.45 bits per heavy atom. The van der Waals surface area contributed by atoms with Gasteiger partial charge >= 0.3 is 0 Å². The van der Waals surface area contributed by atoms with E-state index in [1.807, 2.05) is 0 Å². The number of hydrogen-bond acceptors (Lipinski definition) is 1. The van der Waals surface area contributed by atoms with Crippen molar-refractivity contribution in [2.24, 2.45) is 5.41 Å². The Morgan fingerprint density at radius 2 is 2.09 bits per heavy atom. The largest absolute Gasteiger partial charge is 0.294 e. The van der Waals surface area contributed by atoms with Gasteiger partial charge in [-0.1, -0.05) is 18.2 Å². The summed E-state index contributed by atoms with van der Waals surface area (Å²) in [4.78, 5) is 10.6. The molecular formula is C8H8Cl2O. The third-order valence-corrected chi connectivity index (χ3v) is 2.69. The van der Waals surface area contributed by atoms with Crippen molar-refractivity contribution in [2.45, 2.75) is 11.8 Å². The Balaban J connectivity index is 2.95. The number of alkyl halides is 2. The first-order chi connectivity index (χ1) is 5.07. The van der Waals surface area contributed by atoms with Crippen molar-refractivity contribution in [1.82, 2.24) is 0 Å². The van der Waals surface area contributed by atoms with Crippen molar-refractivity contribution in [3.8, 4) is 0 Å². The van der Waals surface area contributed by atoms with Crippen LogP contribution in [0.15, 0.2) is 24.3 Å². The molecule has 3 heteroatoms. The molecule has 60 valence electrons. The van der Waals surface area contributed by atoms with Gasteiger partial charge in [0.05, 0.1) is 5.41 Å². The molecule has 0 N–H and O–H groups in total. The highest BCUT2D eigenvalue weighted by atomic mass is 35.5. The van der Waals surface area contributed by atoms with Gasteiger partial charge in [-0.2, -0.15) is 0 Å². The SMILES string of the molecule is CC1(C(Cl)Cl)C=CC=CC1=O. The fourth-order valence-electron chi connectivity index (χ4n) is 0.840. The topological polar surface area (TPSA) is 17.1 Å². The normalized spacial score (nSPS) is 30.0. The van der Waals surface area contributed by atoms with Crippen LogP contribution in [0.4, 0.5) is 0 Å². The molecule has 1 unspecified atom stereocenters. The molecule has 11 heavy (non-hydrogen) atoms. The summed E-state index contributed by atoms with van der Waals surface area (Å²) in [5.41, 5.74) is -0.738. The molecule has 1 rings (SSSR count). The van der Waals surface area contributed by atoms with E-state index in [0.29, 0.717) is 0 Å². The maximum Gasteiger partial charge on any atom is 0.168 e. The fraction of sp³-hybridized carbons (Fsp3) is 0.375. The zero-order chi connectivity index (χ0) is 8.48. The molecule has 0 spiro atoms. The quantitative estimate of drug-likeness (QED) is 0.582. The van der Waals surface area contributed by atoms with Gasteiger partial charge in [0, 0.05) is 0 Å². The average Bonchev–Trinajstić information content (AvgIpc) is 1.95. The summed E-state index contributed by atoms with van der Waals surface area (Å²) < 4.78 is 0. The predicted molar refractivity (Wildman–Crippen MR) is 46.9 cm³/mol. The Morgan fingerprint density at radius 1 is 1.45 bits per heavy atom. The van der Waals surface area contributed by atoms with Crippen LogP contribution in [0.2, 0.25) is 0 Å². The lowest BCUT2D eigenvalue weighted by Crippen LogP contribution is -2.31. The molecule has 0 aliphatic heterocycles. The first-order valence-corrected chi connectivity index (χ1v) is 4.13. The van der Waals surface area contributed by atoms with Gasteiger partial charge in [-0.15, -0.1) is 23.2 Å². The molecule has 1 nitrogen and oxygen atoms in total. The zero-order valence-electron chi connectivity index (χ0n) is 6.05. The second-order valence-electron chi connectivity index (χ2n) is 2.67. The lowest BCUT2D eigenvalue weighted by molar-refractivity contribution is -0.120. The van der Waals surface area contributed by atoms with E-state index < -0.39 is 10.3 Å². The van der Waals surface area contributed by atoms with E-state index in [4.69, 9.17) is 23.2 Å². The molecule has 0 aromatic carbocycles. The van der Waals surface area contributed by atoms with Gasteiger partial charge in [-0.25, -0.2) is 0 Å². The van der Waals surface area contributed by atoms with Crippen LogP contribution in [-0.4, -0.2) is 10.6 Å². The fourth-order valence-corrected chi connectivity index (χ4v) is 1.20. The highest BCUT2D eigenvalue weighted by Crippen LogP contribution is 2.33. The van der Waals surface area contributed by atoms with Crippen LogP contribution in [0.25, 0.3) is 0 Å². The lowest BCUT2D eigenvalue weighted by Gasteiger charge is -2.25. The molecule has 1 aliphatic carbocycles. The highest BCUT2D eigenvalue weighted by molar-refractivity contribution is 6.46. The first-order valence-electron chi connectivity index (χ1n) is 3.26. The summed E-state index contributed by atoms with van der Waals surface area (Å²) >= 11 is 11.3. The molecule has 1 atom stereocenters. The summed E-state index contributed by atoms with van der Waals surface area (Å²) in [6.45, 7) is 1.72. The molecule has 0 heterocycles. The summed E-state index contributed by atoms with van der Waals surface area (Å²) in [5, 5.41) is 0. The smallest absolute Gasteiger partial charge is 0.168 e. The molecule has 0 bridgehead atoms. The van der Waals surface area contributed by atoms with E-state index in [9.17, 15) is 4.79 Å². The van der Waals surface area contributed by atoms with Gasteiger partial charge in [-0.3, -0.25) is 4.79 Å². The zero-order valence-corrected chi connectivity index (χ0v) is 7.56. The molecule has 0 saturated heterocycles. The van der Waals surface area contributed by atoms with E-state index in [2.05, 4.69) is 0 Å². The molecule has 0 fully saturated rings. The Hall–Kier alpha value is -0.270. The van der Waals surface area contributed by atoms with Crippen LogP contribution in [0.1, 0.15) is 6.92 Å². The Labute approximate surface area is 75.7 Å². The van der Waals surface area contributed by atoms with Crippen molar-refractivity contribution in [3.63, 3.8) is 0 Å². The third kappa shape index (κ3) is 1.49. The van der Waals surface area contributed by atoms with Crippen LogP contribution in [0.3, 0.4) is 0 Å². The van der Waals surface area contributed by atoms with Gasteiger partial charge < -0.3 is 0 Å². The van der Waals surface area contributed by atoms with Crippen molar-refractivity contribution in [2.75, 3.05) is 0 Å². The Kier molecular flexibility index (Phi) is 2.40. The standard InChI is InChI=1S/C8H8Cl2O/c1-8(7(9)10)5-3-2-4-6(8)11/h2-5,7H,1H3. The van der Waals surface area contributed by atoms with Crippen LogP contribution in [-0.2, 0) is 4.79 Å². The molecular weight excluding hydrogens is 183 g/mol. The van der Waals surface area contributed by atoms with E-state index >= 15 is 0 Å². The summed E-state index contributed by atoms with van der Waals surface area (Å²) in [6.07, 6.45) is 6.66. The number of carbonyl (C=O) groups is 1. The number of halogens is 2. The predicted octanol–water partition coefficient (Wildman–Crippen LogP) is 2.49. The van der Waals surface area contributed by atoms with Crippen molar-refractivity contribution < 1.29 is 4.79 Å². The highest BCUT2D eigenvalue weighted by Gasteiger charge is 2.36. The Bertz CT molecular complexity index is 230. The van der Waals surface area contributed by atoms with E-state index in [-0.39, 0.29) is 5.78 Å². The summed E-state index contributed by atoms with van der Waals surface area (Å²) in [7, 11) is 0. The molecule has 0 aromatic rings. The maximum atomic E-state index is 11.3. The summed E-state index contributed by atoms with van der Waals surface area (Å²) in [5.74, 6) is -0.0463. The maximum absolute atomic E-state index is 11.3. The van der Waals surface area contributed by atoms with Gasteiger partial charge in [0.2, 0.25) is 0 Å². The van der Waals surface area contributed by atoms with E-state index in [1.165, 1.54) is 6.08 Å². The average molecular weight is 191 g/mol. The minimum Gasteiger partial charge on any atom is -0.294 e. The third-order valence-electron chi connectivity index (χ3n) is 1.79. The van der Waals surface area contributed by atoms with Crippen molar-refractivity contribution in [1.29, 1.82) is 0 Å². The second kappa shape index (κ2) is 3.00. The van der Waals surface area contributed by atoms with Gasteiger partial charge in [0.25, 0.3) is 0 Å². The first kappa shape index (κ1) is 8.82. The number of hydrogen-bond donors (Lipinski definition) is 0. The van der Waals surface area contributed by atoms with Gasteiger partial charge in [0.1, 0.15) is 4.84 Å². The molecule has 0 saturated carbocycles. The van der Waals surface area contributed by atoms with Crippen LogP contribution < -0.4 is 0 Å². The number of allylic oxidation sites excluding steroid dienone is 4. The van der Waals surface area contributed by atoms with E-state index in [0.717, 1.165) is 0 Å². The molecule has 0 radical (unpaired) electrons. The van der Waals surface area contributed by atoms with Crippen LogP contribution in [0.5, 0.6) is 0 Å². The second-order valence-corrected chi connectivity index (χ2v) is 3.76. The minimum absolute atomic E-state index is 0.0463. The van der Waals surface area contributed by atoms with Crippen LogP contribution >= 0.6 is 23.2 Å². The van der Waals surface area contributed by atoms with Gasteiger partial charge in [-0.05, 0) is 13.0 Å². The molecule has 1 aliphatic rings. The number of ketones is 1. The minimum atomic E-state index is -0.738. The summed E-state index contributed by atoms with van der Waals surface area (Å²) in [6, 6.07) is 0. The number of carbonyl (C=O) groups excluding carboxylic acids is 1. The lowest BCUT2D eigenvalue weighted by atomic mass is 9.84. The van der Waals surface area contributed by atoms with E-state index in [1.54, 1.807) is 25.2 Å². The van der Waals surface area contributed by atoms with Crippen LogP contribution in [0, 0.1) is 5.41 Å². The van der Waals surface area contributed by atoms with Crippen molar-refractivity contribution in [3.05, 3.63) is 24.3 Å². The monoisotopic (exact) mass is 190 g/mol. The van der Waals surface area contributed by atoms with Crippen molar-refractivity contribution >= 4 is 29.0 Å². The molecule has 0 amide bonds. The molecule has 0 aromatic heterocycles. The van der Waals surface area contributed by atoms with Gasteiger partial charge in [0.15, 0.2) is 5.78 Å².